The number of piperazine rings is 1. The van der Waals surface area contributed by atoms with Gasteiger partial charge >= 0.3 is 0 Å². The molecular weight excluding hydrogens is 446 g/mol. The summed E-state index contributed by atoms with van der Waals surface area (Å²) in [5.41, 5.74) is 10.2. The second kappa shape index (κ2) is 12.5. The van der Waals surface area contributed by atoms with Gasteiger partial charge in [0.2, 0.25) is 5.91 Å². The number of nitrogens with two attached hydrogens (primary N) is 1. The van der Waals surface area contributed by atoms with E-state index < -0.39 is 11.6 Å². The van der Waals surface area contributed by atoms with Crippen molar-refractivity contribution in [2.45, 2.75) is 70.0 Å². The van der Waals surface area contributed by atoms with Gasteiger partial charge in [0.05, 0.1) is 11.6 Å². The molecule has 1 amide bonds. The van der Waals surface area contributed by atoms with E-state index in [0.29, 0.717) is 19.3 Å². The fraction of sp³-hybridized carbons (Fsp3) is 0.533. The van der Waals surface area contributed by atoms with Gasteiger partial charge in [0.1, 0.15) is 6.04 Å². The lowest BCUT2D eigenvalue weighted by atomic mass is 9.81. The van der Waals surface area contributed by atoms with Crippen LogP contribution in [0.2, 0.25) is 0 Å². The summed E-state index contributed by atoms with van der Waals surface area (Å²) in [4.78, 5) is 17.8. The van der Waals surface area contributed by atoms with Crippen LogP contribution in [0.25, 0.3) is 11.1 Å². The largest absolute Gasteiger partial charge is 0.338 e. The highest BCUT2D eigenvalue weighted by Gasteiger charge is 2.36. The van der Waals surface area contributed by atoms with Gasteiger partial charge in [0, 0.05) is 39.1 Å². The molecule has 2 fully saturated rings. The van der Waals surface area contributed by atoms with E-state index in [1.165, 1.54) is 37.2 Å². The molecule has 6 heteroatoms. The molecule has 1 aliphatic carbocycles. The molecule has 192 valence electrons. The maximum Gasteiger partial charge on any atom is 0.241 e. The Balaban J connectivity index is 1.29. The van der Waals surface area contributed by atoms with E-state index in [4.69, 9.17) is 5.73 Å². The van der Waals surface area contributed by atoms with E-state index in [-0.39, 0.29) is 5.91 Å². The van der Waals surface area contributed by atoms with Gasteiger partial charge in [-0.1, -0.05) is 74.7 Å². The Labute approximate surface area is 216 Å². The molecule has 4 rings (SSSR count). The lowest BCUT2D eigenvalue weighted by molar-refractivity contribution is -0.127. The zero-order valence-electron chi connectivity index (χ0n) is 21.7. The minimum absolute atomic E-state index is 0.187. The monoisotopic (exact) mass is 487 g/mol. The van der Waals surface area contributed by atoms with Crippen LogP contribution in [-0.2, 0) is 17.8 Å². The molecular formula is C30H41N5O. The lowest BCUT2D eigenvalue weighted by Crippen LogP contribution is -2.57. The number of rotatable bonds is 9. The second-order valence-corrected chi connectivity index (χ2v) is 10.6. The average molecular weight is 488 g/mol. The summed E-state index contributed by atoms with van der Waals surface area (Å²) in [7, 11) is 0. The quantitative estimate of drug-likeness (QED) is 0.556. The first kappa shape index (κ1) is 26.3. The van der Waals surface area contributed by atoms with Gasteiger partial charge in [-0.3, -0.25) is 9.69 Å². The highest BCUT2D eigenvalue weighted by molar-refractivity contribution is 5.86. The fourth-order valence-corrected chi connectivity index (χ4v) is 5.46. The molecule has 0 spiro atoms. The average Bonchev–Trinajstić information content (AvgIpc) is 2.91. The third-order valence-electron chi connectivity index (χ3n) is 7.75. The Bertz CT molecular complexity index is 1010. The standard InChI is InChI=1S/C30H41N5O/c1-2-16-34-17-19-35(20-18-34)23-25-8-12-27(13-9-25)26-10-6-24(7-11-26)21-28(22-31)33-29(36)30(32)14-4-3-5-15-30/h6-13,28H,2-5,14-21,23,32H2,1H3,(H,33,36). The smallest absolute Gasteiger partial charge is 0.241 e. The summed E-state index contributed by atoms with van der Waals surface area (Å²) < 4.78 is 0. The highest BCUT2D eigenvalue weighted by Crippen LogP contribution is 2.26. The van der Waals surface area contributed by atoms with E-state index in [9.17, 15) is 10.1 Å². The number of carbonyl (C=O) groups is 1. The molecule has 1 aliphatic heterocycles. The van der Waals surface area contributed by atoms with Crippen LogP contribution in [0.3, 0.4) is 0 Å². The van der Waals surface area contributed by atoms with Crippen molar-refractivity contribution in [3.05, 3.63) is 59.7 Å². The van der Waals surface area contributed by atoms with Gasteiger partial charge in [-0.2, -0.15) is 5.26 Å². The van der Waals surface area contributed by atoms with E-state index in [0.717, 1.165) is 50.0 Å². The first-order valence-electron chi connectivity index (χ1n) is 13.6. The molecule has 1 saturated heterocycles. The molecule has 6 nitrogen and oxygen atoms in total. The number of carbonyl (C=O) groups excluding carboxylic acids is 1. The number of nitriles is 1. The molecule has 2 aromatic rings. The first-order chi connectivity index (χ1) is 17.5. The Morgan fingerprint density at radius 3 is 2.06 bits per heavy atom. The Morgan fingerprint density at radius 2 is 1.50 bits per heavy atom. The van der Waals surface area contributed by atoms with Crippen molar-refractivity contribution < 1.29 is 4.79 Å². The van der Waals surface area contributed by atoms with E-state index in [1.54, 1.807) is 0 Å². The van der Waals surface area contributed by atoms with Crippen LogP contribution in [0.5, 0.6) is 0 Å². The summed E-state index contributed by atoms with van der Waals surface area (Å²) in [6.07, 6.45) is 6.16. The van der Waals surface area contributed by atoms with Gasteiger partial charge in [-0.15, -0.1) is 0 Å². The topological polar surface area (TPSA) is 85.4 Å². The minimum Gasteiger partial charge on any atom is -0.338 e. The third kappa shape index (κ3) is 6.94. The molecule has 1 heterocycles. The number of nitrogens with one attached hydrogen (secondary N) is 1. The molecule has 2 aliphatic rings. The fourth-order valence-electron chi connectivity index (χ4n) is 5.46. The van der Waals surface area contributed by atoms with Crippen molar-refractivity contribution >= 4 is 5.91 Å². The SMILES string of the molecule is CCCN1CCN(Cc2ccc(-c3ccc(CC(C#N)NC(=O)C4(N)CCCCC4)cc3)cc2)CC1. The number of amides is 1. The van der Waals surface area contributed by atoms with Crippen LogP contribution < -0.4 is 11.1 Å². The highest BCUT2D eigenvalue weighted by atomic mass is 16.2. The Hall–Kier alpha value is -2.72. The molecule has 0 aromatic heterocycles. The van der Waals surface area contributed by atoms with E-state index in [2.05, 4.69) is 64.5 Å². The predicted molar refractivity (Wildman–Crippen MR) is 145 cm³/mol. The summed E-state index contributed by atoms with van der Waals surface area (Å²) in [6, 6.07) is 18.8. The van der Waals surface area contributed by atoms with Gasteiger partial charge in [-0.25, -0.2) is 0 Å². The van der Waals surface area contributed by atoms with Gasteiger partial charge in [0.25, 0.3) is 0 Å². The van der Waals surface area contributed by atoms with Crippen molar-refractivity contribution in [1.29, 1.82) is 5.26 Å². The van der Waals surface area contributed by atoms with Crippen molar-refractivity contribution in [1.82, 2.24) is 15.1 Å². The van der Waals surface area contributed by atoms with Crippen LogP contribution in [0, 0.1) is 11.3 Å². The second-order valence-electron chi connectivity index (χ2n) is 10.6. The van der Waals surface area contributed by atoms with Crippen molar-refractivity contribution in [3.63, 3.8) is 0 Å². The molecule has 36 heavy (non-hydrogen) atoms. The number of benzene rings is 2. The predicted octanol–water partition coefficient (Wildman–Crippen LogP) is 4.09. The molecule has 2 aromatic carbocycles. The number of hydrogen-bond donors (Lipinski definition) is 2. The molecule has 1 atom stereocenters. The van der Waals surface area contributed by atoms with Crippen LogP contribution in [0.4, 0.5) is 0 Å². The molecule has 0 radical (unpaired) electrons. The maximum atomic E-state index is 12.7. The zero-order chi connectivity index (χ0) is 25.4. The molecule has 1 saturated carbocycles. The third-order valence-corrected chi connectivity index (χ3v) is 7.75. The lowest BCUT2D eigenvalue weighted by Gasteiger charge is -2.34. The summed E-state index contributed by atoms with van der Waals surface area (Å²) in [5, 5.41) is 12.5. The number of hydrogen-bond acceptors (Lipinski definition) is 5. The van der Waals surface area contributed by atoms with Crippen LogP contribution in [-0.4, -0.2) is 60.0 Å². The number of nitrogens with zero attached hydrogens (tertiary/aromatic N) is 3. The van der Waals surface area contributed by atoms with Gasteiger partial charge < -0.3 is 16.0 Å². The van der Waals surface area contributed by atoms with Crippen molar-refractivity contribution in [2.24, 2.45) is 5.73 Å². The zero-order valence-corrected chi connectivity index (χ0v) is 21.7. The summed E-state index contributed by atoms with van der Waals surface area (Å²) in [6.45, 7) is 9.08. The van der Waals surface area contributed by atoms with Gasteiger partial charge in [-0.05, 0) is 48.1 Å². The van der Waals surface area contributed by atoms with Crippen molar-refractivity contribution in [3.8, 4) is 17.2 Å². The molecule has 1 unspecified atom stereocenters. The van der Waals surface area contributed by atoms with Crippen LogP contribution >= 0.6 is 0 Å². The van der Waals surface area contributed by atoms with Crippen LogP contribution in [0.15, 0.2) is 48.5 Å². The van der Waals surface area contributed by atoms with Crippen LogP contribution in [0.1, 0.15) is 56.6 Å². The van der Waals surface area contributed by atoms with Gasteiger partial charge in [0.15, 0.2) is 0 Å². The first-order valence-corrected chi connectivity index (χ1v) is 13.6. The van der Waals surface area contributed by atoms with Crippen molar-refractivity contribution in [2.75, 3.05) is 32.7 Å². The summed E-state index contributed by atoms with van der Waals surface area (Å²) >= 11 is 0. The molecule has 3 N–H and O–H groups in total. The maximum absolute atomic E-state index is 12.7. The Morgan fingerprint density at radius 1 is 0.944 bits per heavy atom. The van der Waals surface area contributed by atoms with E-state index in [1.807, 2.05) is 12.1 Å². The van der Waals surface area contributed by atoms with E-state index >= 15 is 0 Å². The molecule has 0 bridgehead atoms. The minimum atomic E-state index is -0.827. The Kier molecular flexibility index (Phi) is 9.14. The normalized spacial score (nSPS) is 19.4. The summed E-state index contributed by atoms with van der Waals surface area (Å²) in [5.74, 6) is -0.187.